The number of halogens is 1. The SMILES string of the molecule is CC1(NC(=O)[O-])N=c2ccc(C(=O)c3ccc(F)cc3)cc2=N1. The number of carboxylic acid groups (broad SMARTS) is 1. The number of carbonyl (C=O) groups is 2. The third-order valence-electron chi connectivity index (χ3n) is 3.36. The third kappa shape index (κ3) is 2.94. The fourth-order valence-electron chi connectivity index (χ4n) is 2.36. The predicted octanol–water partition coefficient (Wildman–Crippen LogP) is -0.0839. The summed E-state index contributed by atoms with van der Waals surface area (Å²) < 4.78 is 12.9. The van der Waals surface area contributed by atoms with Gasteiger partial charge in [0.2, 0.25) is 5.79 Å². The van der Waals surface area contributed by atoms with E-state index in [0.29, 0.717) is 21.8 Å². The molecule has 2 aromatic rings. The number of hydrogen-bond acceptors (Lipinski definition) is 5. The zero-order valence-corrected chi connectivity index (χ0v) is 12.0. The molecule has 0 saturated carbocycles. The van der Waals surface area contributed by atoms with Crippen LogP contribution in [0, 0.1) is 5.82 Å². The summed E-state index contributed by atoms with van der Waals surface area (Å²) in [7, 11) is 0. The molecule has 1 aliphatic heterocycles. The van der Waals surface area contributed by atoms with Gasteiger partial charge in [0.15, 0.2) is 5.78 Å². The zero-order chi connectivity index (χ0) is 16.6. The quantitative estimate of drug-likeness (QED) is 0.803. The first-order valence-electron chi connectivity index (χ1n) is 6.76. The molecule has 23 heavy (non-hydrogen) atoms. The number of carbonyl (C=O) groups excluding carboxylic acids is 2. The van der Waals surface area contributed by atoms with Crippen molar-refractivity contribution in [1.29, 1.82) is 0 Å². The number of benzene rings is 2. The molecule has 6 nitrogen and oxygen atoms in total. The maximum atomic E-state index is 12.9. The lowest BCUT2D eigenvalue weighted by atomic mass is 10.0. The van der Waals surface area contributed by atoms with Crippen LogP contribution in [0.1, 0.15) is 22.8 Å². The summed E-state index contributed by atoms with van der Waals surface area (Å²) in [5.74, 6) is -2.07. The van der Waals surface area contributed by atoms with Crippen LogP contribution in [0.4, 0.5) is 9.18 Å². The Morgan fingerprint density at radius 3 is 2.30 bits per heavy atom. The summed E-state index contributed by atoms with van der Waals surface area (Å²) >= 11 is 0. The predicted molar refractivity (Wildman–Crippen MR) is 75.5 cm³/mol. The largest absolute Gasteiger partial charge is 0.530 e. The van der Waals surface area contributed by atoms with E-state index in [-0.39, 0.29) is 5.78 Å². The van der Waals surface area contributed by atoms with Crippen LogP contribution in [0.25, 0.3) is 0 Å². The van der Waals surface area contributed by atoms with Crippen molar-refractivity contribution in [2.75, 3.05) is 0 Å². The summed E-state index contributed by atoms with van der Waals surface area (Å²) in [5, 5.41) is 13.6. The van der Waals surface area contributed by atoms with Crippen molar-refractivity contribution in [2.24, 2.45) is 9.98 Å². The highest BCUT2D eigenvalue weighted by atomic mass is 19.1. The number of fused-ring (bicyclic) bond motifs is 1. The minimum Gasteiger partial charge on any atom is -0.530 e. The highest BCUT2D eigenvalue weighted by molar-refractivity contribution is 6.08. The van der Waals surface area contributed by atoms with Crippen molar-refractivity contribution < 1.29 is 19.1 Å². The molecule has 0 saturated heterocycles. The van der Waals surface area contributed by atoms with Gasteiger partial charge in [-0.05, 0) is 42.5 Å². The Morgan fingerprint density at radius 1 is 1.04 bits per heavy atom. The van der Waals surface area contributed by atoms with E-state index >= 15 is 0 Å². The maximum absolute atomic E-state index is 12.9. The normalized spacial score (nSPS) is 18.5. The molecule has 0 aromatic heterocycles. The lowest BCUT2D eigenvalue weighted by molar-refractivity contribution is -0.252. The highest BCUT2D eigenvalue weighted by Gasteiger charge is 2.25. The number of nitrogens with one attached hydrogen (secondary N) is 1. The van der Waals surface area contributed by atoms with Gasteiger partial charge in [0.25, 0.3) is 0 Å². The highest BCUT2D eigenvalue weighted by Crippen LogP contribution is 2.11. The van der Waals surface area contributed by atoms with E-state index in [0.717, 1.165) is 0 Å². The summed E-state index contributed by atoms with van der Waals surface area (Å²) in [5.41, 5.74) is 0.698. The molecule has 1 amide bonds. The molecule has 1 unspecified atom stereocenters. The zero-order valence-electron chi connectivity index (χ0n) is 12.0. The van der Waals surface area contributed by atoms with Gasteiger partial charge in [-0.25, -0.2) is 14.4 Å². The van der Waals surface area contributed by atoms with Gasteiger partial charge in [0.05, 0.1) is 10.7 Å². The Kier molecular flexibility index (Phi) is 3.40. The van der Waals surface area contributed by atoms with E-state index in [9.17, 15) is 19.1 Å². The summed E-state index contributed by atoms with van der Waals surface area (Å²) in [6, 6.07) is 9.88. The van der Waals surface area contributed by atoms with Crippen LogP contribution >= 0.6 is 0 Å². The molecular formula is C16H11FN3O3-. The second kappa shape index (κ2) is 5.28. The number of hydrogen-bond donors (Lipinski definition) is 1. The van der Waals surface area contributed by atoms with Crippen LogP contribution in [-0.4, -0.2) is 17.7 Å². The molecule has 1 atom stereocenters. The fourth-order valence-corrected chi connectivity index (χ4v) is 2.36. The minimum absolute atomic E-state index is 0.288. The number of amides is 1. The van der Waals surface area contributed by atoms with E-state index in [1.807, 2.05) is 0 Å². The van der Waals surface area contributed by atoms with E-state index in [4.69, 9.17) is 0 Å². The molecule has 7 heteroatoms. The first kappa shape index (κ1) is 14.8. The Morgan fingerprint density at radius 2 is 1.65 bits per heavy atom. The van der Waals surface area contributed by atoms with Gasteiger partial charge in [-0.2, -0.15) is 0 Å². The average Bonchev–Trinajstić information content (AvgIpc) is 2.80. The van der Waals surface area contributed by atoms with Gasteiger partial charge in [-0.1, -0.05) is 0 Å². The van der Waals surface area contributed by atoms with Gasteiger partial charge < -0.3 is 15.2 Å². The number of nitrogens with zero attached hydrogens (tertiary/aromatic N) is 2. The van der Waals surface area contributed by atoms with E-state index in [2.05, 4.69) is 15.3 Å². The molecule has 0 fully saturated rings. The second-order valence-corrected chi connectivity index (χ2v) is 5.20. The minimum atomic E-state index is -1.49. The van der Waals surface area contributed by atoms with E-state index in [1.54, 1.807) is 12.1 Å². The monoisotopic (exact) mass is 312 g/mol. The third-order valence-corrected chi connectivity index (χ3v) is 3.36. The van der Waals surface area contributed by atoms with Crippen molar-refractivity contribution in [3.05, 3.63) is 70.1 Å². The first-order chi connectivity index (χ1) is 10.9. The van der Waals surface area contributed by atoms with Gasteiger partial charge in [0, 0.05) is 18.1 Å². The molecule has 1 N–H and O–H groups in total. The molecule has 116 valence electrons. The second-order valence-electron chi connectivity index (χ2n) is 5.20. The van der Waals surface area contributed by atoms with Crippen LogP contribution in [0.2, 0.25) is 0 Å². The molecule has 0 aliphatic carbocycles. The Labute approximate surface area is 130 Å². The van der Waals surface area contributed by atoms with Gasteiger partial charge >= 0.3 is 0 Å². The molecule has 2 aromatic carbocycles. The van der Waals surface area contributed by atoms with Crippen LogP contribution in [0.15, 0.2) is 52.4 Å². The lowest BCUT2D eigenvalue weighted by Crippen LogP contribution is -2.48. The molecule has 1 aliphatic rings. The van der Waals surface area contributed by atoms with Crippen molar-refractivity contribution in [3.63, 3.8) is 0 Å². The first-order valence-corrected chi connectivity index (χ1v) is 6.76. The molecule has 0 bridgehead atoms. The van der Waals surface area contributed by atoms with Crippen LogP contribution in [0.5, 0.6) is 0 Å². The maximum Gasteiger partial charge on any atom is 0.224 e. The Balaban J connectivity index is 1.98. The van der Waals surface area contributed by atoms with Crippen LogP contribution in [-0.2, 0) is 0 Å². The van der Waals surface area contributed by atoms with Crippen molar-refractivity contribution in [1.82, 2.24) is 5.32 Å². The molecule has 0 radical (unpaired) electrons. The fraction of sp³-hybridized carbons (Fsp3) is 0.125. The smallest absolute Gasteiger partial charge is 0.224 e. The summed E-state index contributed by atoms with van der Waals surface area (Å²) in [6.07, 6.45) is -1.49. The topological polar surface area (TPSA) is 94.0 Å². The van der Waals surface area contributed by atoms with Crippen LogP contribution in [0.3, 0.4) is 0 Å². The average molecular weight is 312 g/mol. The Hall–Kier alpha value is -3.09. The summed E-state index contributed by atoms with van der Waals surface area (Å²) in [4.78, 5) is 31.4. The van der Waals surface area contributed by atoms with Gasteiger partial charge in [0.1, 0.15) is 11.9 Å². The molecular weight excluding hydrogens is 301 g/mol. The number of rotatable bonds is 3. The van der Waals surface area contributed by atoms with Gasteiger partial charge in [-0.15, -0.1) is 0 Å². The van der Waals surface area contributed by atoms with E-state index in [1.165, 1.54) is 37.3 Å². The lowest BCUT2D eigenvalue weighted by Gasteiger charge is -2.20. The standard InChI is InChI=1S/C16H12FN3O3/c1-16(20-15(22)23)18-12-7-4-10(8-13(12)19-16)14(21)9-2-5-11(17)6-3-9/h2-8,20H,1H3,(H,22,23)/p-1. The van der Waals surface area contributed by atoms with Crippen molar-refractivity contribution in [3.8, 4) is 0 Å². The molecule has 0 spiro atoms. The van der Waals surface area contributed by atoms with Crippen LogP contribution < -0.4 is 21.1 Å². The van der Waals surface area contributed by atoms with E-state index < -0.39 is 17.7 Å². The number of ketones is 1. The van der Waals surface area contributed by atoms with Crippen molar-refractivity contribution in [2.45, 2.75) is 12.7 Å². The van der Waals surface area contributed by atoms with Crippen molar-refractivity contribution >= 4 is 11.9 Å². The summed E-state index contributed by atoms with van der Waals surface area (Å²) in [6.45, 7) is 1.48. The van der Waals surface area contributed by atoms with Gasteiger partial charge in [-0.3, -0.25) is 4.79 Å². The molecule has 3 rings (SSSR count). The molecule has 1 heterocycles. The Bertz CT molecular complexity index is 925.